The molecule has 30 heavy (non-hydrogen) atoms. The molecule has 3 N–H and O–H groups in total. The van der Waals surface area contributed by atoms with Gasteiger partial charge in [0.2, 0.25) is 5.91 Å². The molecule has 0 saturated carbocycles. The molecule has 0 radical (unpaired) electrons. The Morgan fingerprint density at radius 2 is 1.93 bits per heavy atom. The molecule has 6 nitrogen and oxygen atoms in total. The van der Waals surface area contributed by atoms with Crippen molar-refractivity contribution in [3.05, 3.63) is 35.5 Å². The predicted octanol–water partition coefficient (Wildman–Crippen LogP) is 3.47. The van der Waals surface area contributed by atoms with Crippen LogP contribution in [0.5, 0.6) is 0 Å². The number of nitrogens with zero attached hydrogens (tertiary/aromatic N) is 2. The third kappa shape index (κ3) is 7.69. The van der Waals surface area contributed by atoms with E-state index >= 15 is 0 Å². The van der Waals surface area contributed by atoms with Gasteiger partial charge in [0.25, 0.3) is 0 Å². The largest absolute Gasteiger partial charge is 0.406 e. The van der Waals surface area contributed by atoms with Crippen molar-refractivity contribution in [3.63, 3.8) is 0 Å². The number of para-hydroxylation sites is 1. The Bertz CT molecular complexity index is 851. The molecule has 0 atom stereocenters. The van der Waals surface area contributed by atoms with Crippen LogP contribution in [-0.2, 0) is 17.6 Å². The van der Waals surface area contributed by atoms with Crippen molar-refractivity contribution >= 4 is 46.7 Å². The van der Waals surface area contributed by atoms with Gasteiger partial charge < -0.3 is 20.5 Å². The number of aryl methyl sites for hydroxylation is 1. The number of guanidine groups is 1. The summed E-state index contributed by atoms with van der Waals surface area (Å²) in [5.41, 5.74) is 3.57. The summed E-state index contributed by atoms with van der Waals surface area (Å²) in [6.07, 6.45) is -0.748. The molecule has 0 spiro atoms. The maximum absolute atomic E-state index is 12.4. The minimum Gasteiger partial charge on any atom is -0.361 e. The first kappa shape index (κ1) is 26.1. The van der Waals surface area contributed by atoms with Gasteiger partial charge in [-0.05, 0) is 30.9 Å². The van der Waals surface area contributed by atoms with E-state index in [1.165, 1.54) is 16.5 Å². The summed E-state index contributed by atoms with van der Waals surface area (Å²) in [5.74, 6) is -0.293. The summed E-state index contributed by atoms with van der Waals surface area (Å²) in [6, 6.07) is 6.22. The van der Waals surface area contributed by atoms with Gasteiger partial charge in [0.1, 0.15) is 13.1 Å². The van der Waals surface area contributed by atoms with E-state index in [9.17, 15) is 18.0 Å². The van der Waals surface area contributed by atoms with Crippen LogP contribution in [0.1, 0.15) is 25.0 Å². The smallest absolute Gasteiger partial charge is 0.361 e. The van der Waals surface area contributed by atoms with E-state index in [2.05, 4.69) is 39.7 Å². The zero-order chi connectivity index (χ0) is 21.4. The number of hydrogen-bond acceptors (Lipinski definition) is 2. The lowest BCUT2D eigenvalue weighted by Gasteiger charge is -2.18. The van der Waals surface area contributed by atoms with E-state index in [1.807, 2.05) is 19.2 Å². The molecule has 0 fully saturated rings. The number of carbonyl (C=O) groups is 1. The van der Waals surface area contributed by atoms with Crippen LogP contribution in [0.4, 0.5) is 13.2 Å². The molecule has 0 bridgehead atoms. The van der Waals surface area contributed by atoms with E-state index in [4.69, 9.17) is 0 Å². The highest BCUT2D eigenvalue weighted by molar-refractivity contribution is 14.0. The number of amides is 1. The number of hydrogen-bond donors (Lipinski definition) is 3. The molecule has 2 aromatic rings. The highest BCUT2D eigenvalue weighted by Gasteiger charge is 2.31. The van der Waals surface area contributed by atoms with Crippen LogP contribution in [0.15, 0.2) is 29.4 Å². The monoisotopic (exact) mass is 539 g/mol. The molecule has 1 aromatic heterocycles. The van der Waals surface area contributed by atoms with E-state index in [0.717, 1.165) is 25.4 Å². The van der Waals surface area contributed by atoms with E-state index in [-0.39, 0.29) is 30.5 Å². The van der Waals surface area contributed by atoms with Crippen molar-refractivity contribution in [3.8, 4) is 0 Å². The van der Waals surface area contributed by atoms with E-state index < -0.39 is 18.6 Å². The fraction of sp³-hybridized carbons (Fsp3) is 0.500. The van der Waals surface area contributed by atoms with Crippen LogP contribution >= 0.6 is 24.0 Å². The SMILES string of the molecule is CCNC(=NCC(=O)N(C)CC(F)(F)F)NCCc1c[nH]c2c(CC)cccc12.I. The first-order valence-corrected chi connectivity index (χ1v) is 9.65. The molecule has 1 aromatic carbocycles. The Hall–Kier alpha value is -1.98. The molecule has 0 aliphatic carbocycles. The lowest BCUT2D eigenvalue weighted by atomic mass is 10.1. The second-order valence-corrected chi connectivity index (χ2v) is 6.74. The van der Waals surface area contributed by atoms with Crippen molar-refractivity contribution in [2.45, 2.75) is 32.9 Å². The van der Waals surface area contributed by atoms with Gasteiger partial charge in [0.15, 0.2) is 5.96 Å². The van der Waals surface area contributed by atoms with Gasteiger partial charge in [-0.1, -0.05) is 25.1 Å². The fourth-order valence-corrected chi connectivity index (χ4v) is 3.06. The van der Waals surface area contributed by atoms with Gasteiger partial charge in [0, 0.05) is 37.2 Å². The van der Waals surface area contributed by atoms with E-state index in [1.54, 1.807) is 0 Å². The average molecular weight is 539 g/mol. The average Bonchev–Trinajstić information content (AvgIpc) is 3.07. The third-order valence-corrected chi connectivity index (χ3v) is 4.51. The van der Waals surface area contributed by atoms with Gasteiger partial charge in [-0.25, -0.2) is 4.99 Å². The molecule has 168 valence electrons. The number of nitrogens with one attached hydrogen (secondary N) is 3. The molecule has 1 heterocycles. The Morgan fingerprint density at radius 3 is 2.57 bits per heavy atom. The Balaban J connectivity index is 0.00000450. The van der Waals surface area contributed by atoms with Crippen molar-refractivity contribution in [1.29, 1.82) is 0 Å². The molecule has 0 aliphatic heterocycles. The lowest BCUT2D eigenvalue weighted by Crippen LogP contribution is -2.40. The molecule has 0 aliphatic rings. The number of carbonyl (C=O) groups excluding carboxylic acids is 1. The van der Waals surface area contributed by atoms with Crippen LogP contribution < -0.4 is 10.6 Å². The number of rotatable bonds is 8. The number of halogens is 4. The quantitative estimate of drug-likeness (QED) is 0.274. The second kappa shape index (κ2) is 12.0. The number of aromatic nitrogens is 1. The topological polar surface area (TPSA) is 72.5 Å². The van der Waals surface area contributed by atoms with Crippen LogP contribution in [0, 0.1) is 0 Å². The first-order valence-electron chi connectivity index (χ1n) is 9.65. The number of alkyl halides is 3. The first-order chi connectivity index (χ1) is 13.7. The van der Waals surface area contributed by atoms with Crippen molar-refractivity contribution in [2.24, 2.45) is 4.99 Å². The standard InChI is InChI=1S/C20H28F3N5O.HI/c1-4-14-7-6-8-16-15(11-26-18(14)16)9-10-25-19(24-5-2)27-12-17(29)28(3)13-20(21,22)23;/h6-8,11,26H,4-5,9-10,12-13H2,1-3H3,(H2,24,25,27);1H. The minimum absolute atomic E-state index is 0. The van der Waals surface area contributed by atoms with Gasteiger partial charge in [-0.15, -0.1) is 24.0 Å². The lowest BCUT2D eigenvalue weighted by molar-refractivity contribution is -0.157. The van der Waals surface area contributed by atoms with Crippen molar-refractivity contribution < 1.29 is 18.0 Å². The molecule has 1 amide bonds. The summed E-state index contributed by atoms with van der Waals surface area (Å²) in [4.78, 5) is 19.9. The highest BCUT2D eigenvalue weighted by atomic mass is 127. The van der Waals surface area contributed by atoms with Gasteiger partial charge in [-0.3, -0.25) is 4.79 Å². The number of aromatic amines is 1. The minimum atomic E-state index is -4.42. The van der Waals surface area contributed by atoms with Crippen molar-refractivity contribution in [1.82, 2.24) is 20.5 Å². The number of benzene rings is 1. The maximum atomic E-state index is 12.4. The number of H-pyrrole nitrogens is 1. The number of fused-ring (bicyclic) bond motifs is 1. The van der Waals surface area contributed by atoms with Crippen LogP contribution in [-0.4, -0.2) is 61.2 Å². The number of aliphatic imine (C=N–C) groups is 1. The van der Waals surface area contributed by atoms with Gasteiger partial charge in [-0.2, -0.15) is 13.2 Å². The zero-order valence-electron chi connectivity index (χ0n) is 17.4. The Labute approximate surface area is 191 Å². The van der Waals surface area contributed by atoms with Crippen LogP contribution in [0.2, 0.25) is 0 Å². The van der Waals surface area contributed by atoms with E-state index in [0.29, 0.717) is 23.9 Å². The van der Waals surface area contributed by atoms with Crippen LogP contribution in [0.25, 0.3) is 10.9 Å². The maximum Gasteiger partial charge on any atom is 0.406 e. The molecule has 2 rings (SSSR count). The number of likely N-dealkylation sites (N-methyl/N-ethyl adjacent to an activating group) is 1. The normalized spacial score (nSPS) is 11.9. The fourth-order valence-electron chi connectivity index (χ4n) is 3.06. The van der Waals surface area contributed by atoms with Crippen LogP contribution in [0.3, 0.4) is 0 Å². The van der Waals surface area contributed by atoms with Gasteiger partial charge in [0.05, 0.1) is 0 Å². The molecular weight excluding hydrogens is 510 g/mol. The summed E-state index contributed by atoms with van der Waals surface area (Å²) in [7, 11) is 1.12. The Morgan fingerprint density at radius 1 is 1.20 bits per heavy atom. The predicted molar refractivity (Wildman–Crippen MR) is 124 cm³/mol. The van der Waals surface area contributed by atoms with Crippen molar-refractivity contribution in [2.75, 3.05) is 33.2 Å². The van der Waals surface area contributed by atoms with Gasteiger partial charge >= 0.3 is 6.18 Å². The molecule has 10 heteroatoms. The summed E-state index contributed by atoms with van der Waals surface area (Å²) in [5, 5.41) is 7.30. The molecule has 0 saturated heterocycles. The molecule has 0 unspecified atom stereocenters. The third-order valence-electron chi connectivity index (χ3n) is 4.51. The Kier molecular flexibility index (Phi) is 10.4. The zero-order valence-corrected chi connectivity index (χ0v) is 19.7. The highest BCUT2D eigenvalue weighted by Crippen LogP contribution is 2.22. The summed E-state index contributed by atoms with van der Waals surface area (Å²) < 4.78 is 37.2. The summed E-state index contributed by atoms with van der Waals surface area (Å²) >= 11 is 0. The second-order valence-electron chi connectivity index (χ2n) is 6.74. The molecular formula is C20H29F3IN5O. The summed E-state index contributed by atoms with van der Waals surface area (Å²) in [6.45, 7) is 3.50.